The third-order valence-electron chi connectivity index (χ3n) is 5.45. The van der Waals surface area contributed by atoms with Crippen molar-refractivity contribution >= 4 is 0 Å². The number of hydrogen-bond acceptors (Lipinski definition) is 0. The molecule has 0 heteroatoms. The molecule has 8 unspecified atom stereocenters. The zero-order chi connectivity index (χ0) is 6.03. The van der Waals surface area contributed by atoms with Gasteiger partial charge in [-0.1, -0.05) is 0 Å². The second-order valence-corrected chi connectivity index (χ2v) is 5.44. The van der Waals surface area contributed by atoms with Gasteiger partial charge in [0, 0.05) is 0 Å². The van der Waals surface area contributed by atoms with E-state index >= 15 is 0 Å². The van der Waals surface area contributed by atoms with E-state index in [9.17, 15) is 0 Å². The van der Waals surface area contributed by atoms with E-state index in [-0.39, 0.29) is 0 Å². The van der Waals surface area contributed by atoms with Gasteiger partial charge < -0.3 is 0 Å². The lowest BCUT2D eigenvalue weighted by atomic mass is 10.0. The SMILES string of the molecule is C1C2C1C1C3CC4C2C4C31. The van der Waals surface area contributed by atoms with Gasteiger partial charge >= 0.3 is 0 Å². The lowest BCUT2D eigenvalue weighted by Crippen LogP contribution is -2.00. The van der Waals surface area contributed by atoms with Crippen LogP contribution in [0.2, 0.25) is 0 Å². The van der Waals surface area contributed by atoms with Crippen LogP contribution in [-0.2, 0) is 0 Å². The number of hydrogen-bond donors (Lipinski definition) is 0. The van der Waals surface area contributed by atoms with Gasteiger partial charge in [-0.2, -0.15) is 0 Å². The lowest BCUT2D eigenvalue weighted by Gasteiger charge is -2.03. The van der Waals surface area contributed by atoms with Gasteiger partial charge in [0.15, 0.2) is 0 Å². The minimum atomic E-state index is 1.28. The Balaban J connectivity index is 1.82. The van der Waals surface area contributed by atoms with Crippen molar-refractivity contribution in [3.8, 4) is 0 Å². The summed E-state index contributed by atoms with van der Waals surface area (Å²) in [5, 5.41) is 0. The molecule has 52 valence electrons. The van der Waals surface area contributed by atoms with Gasteiger partial charge in [-0.25, -0.2) is 0 Å². The summed E-state index contributed by atoms with van der Waals surface area (Å²) in [4.78, 5) is 0. The average molecular weight is 132 g/mol. The predicted octanol–water partition coefficient (Wildman–Crippen LogP) is 1.76. The second kappa shape index (κ2) is 0.852. The third kappa shape index (κ3) is 0.222. The summed E-state index contributed by atoms with van der Waals surface area (Å²) in [6.07, 6.45) is 3.34. The molecule has 5 fully saturated rings. The van der Waals surface area contributed by atoms with E-state index in [1.807, 2.05) is 0 Å². The third-order valence-corrected chi connectivity index (χ3v) is 5.45. The van der Waals surface area contributed by atoms with Crippen molar-refractivity contribution in [2.24, 2.45) is 47.3 Å². The highest BCUT2D eigenvalue weighted by atomic mass is 14.9. The van der Waals surface area contributed by atoms with Crippen LogP contribution in [-0.4, -0.2) is 0 Å². The largest absolute Gasteiger partial charge is 0.0465 e. The molecule has 5 aliphatic rings. The standard InChI is InChI=1S/C10H12/c1-3-4(1)8-6-2-5-7(3)9(5)10(6)8/h3-10H,1-2H2. The fourth-order valence-corrected chi connectivity index (χ4v) is 5.21. The quantitative estimate of drug-likeness (QED) is 0.471. The summed E-state index contributed by atoms with van der Waals surface area (Å²) in [5.74, 6) is 10.3. The molecule has 0 N–H and O–H groups in total. The highest BCUT2D eigenvalue weighted by Crippen LogP contribution is 2.88. The molecule has 10 heavy (non-hydrogen) atoms. The second-order valence-electron chi connectivity index (χ2n) is 5.44. The normalized spacial score (nSPS) is 91.2. The maximum Gasteiger partial charge on any atom is -0.0315 e. The first kappa shape index (κ1) is 4.13. The Morgan fingerprint density at radius 2 is 1.00 bits per heavy atom. The van der Waals surface area contributed by atoms with Gasteiger partial charge in [-0.3, -0.25) is 0 Å². The van der Waals surface area contributed by atoms with Gasteiger partial charge in [0.25, 0.3) is 0 Å². The fourth-order valence-electron chi connectivity index (χ4n) is 5.21. The van der Waals surface area contributed by atoms with E-state index < -0.39 is 0 Å². The Morgan fingerprint density at radius 1 is 0.500 bits per heavy atom. The topological polar surface area (TPSA) is 0 Å². The van der Waals surface area contributed by atoms with Gasteiger partial charge in [0.1, 0.15) is 0 Å². The zero-order valence-electron chi connectivity index (χ0n) is 6.03. The average Bonchev–Trinajstić information content (AvgIpc) is 2.73. The molecule has 0 spiro atoms. The molecule has 8 atom stereocenters. The molecule has 0 aromatic rings. The molecule has 0 saturated heterocycles. The summed E-state index contributed by atoms with van der Waals surface area (Å²) < 4.78 is 0. The van der Waals surface area contributed by atoms with E-state index in [2.05, 4.69) is 0 Å². The van der Waals surface area contributed by atoms with Crippen LogP contribution in [0.25, 0.3) is 0 Å². The Hall–Kier alpha value is 0. The first-order valence-electron chi connectivity index (χ1n) is 4.97. The van der Waals surface area contributed by atoms with Crippen LogP contribution in [0, 0.1) is 47.3 Å². The zero-order valence-corrected chi connectivity index (χ0v) is 6.03. The Labute approximate surface area is 61.0 Å². The van der Waals surface area contributed by atoms with Crippen LogP contribution in [0.1, 0.15) is 12.8 Å². The Morgan fingerprint density at radius 3 is 1.60 bits per heavy atom. The molecule has 0 nitrogen and oxygen atoms in total. The highest BCUT2D eigenvalue weighted by molar-refractivity contribution is 5.30. The van der Waals surface area contributed by atoms with Crippen molar-refractivity contribution in [3.05, 3.63) is 0 Å². The van der Waals surface area contributed by atoms with Crippen LogP contribution < -0.4 is 0 Å². The minimum absolute atomic E-state index is 1.28. The predicted molar refractivity (Wildman–Crippen MR) is 37.2 cm³/mol. The van der Waals surface area contributed by atoms with Crippen molar-refractivity contribution in [1.82, 2.24) is 0 Å². The Kier molecular flexibility index (Phi) is 0.352. The van der Waals surface area contributed by atoms with E-state index in [4.69, 9.17) is 0 Å². The molecule has 5 rings (SSSR count). The Bertz CT molecular complexity index is 200. The molecule has 0 aliphatic heterocycles. The molecular weight excluding hydrogens is 120 g/mol. The fraction of sp³-hybridized carbons (Fsp3) is 1.00. The number of fused-ring (bicyclic) bond motifs is 5. The summed E-state index contributed by atoms with van der Waals surface area (Å²) in [5.41, 5.74) is 0. The molecule has 0 aromatic carbocycles. The summed E-state index contributed by atoms with van der Waals surface area (Å²) in [7, 11) is 0. The van der Waals surface area contributed by atoms with Crippen LogP contribution in [0.15, 0.2) is 0 Å². The van der Waals surface area contributed by atoms with Crippen LogP contribution in [0.4, 0.5) is 0 Å². The van der Waals surface area contributed by atoms with E-state index in [1.165, 1.54) is 47.3 Å². The van der Waals surface area contributed by atoms with Gasteiger partial charge in [0.2, 0.25) is 0 Å². The van der Waals surface area contributed by atoms with Crippen molar-refractivity contribution in [2.45, 2.75) is 12.8 Å². The number of rotatable bonds is 0. The van der Waals surface area contributed by atoms with Gasteiger partial charge in [-0.05, 0) is 60.2 Å². The van der Waals surface area contributed by atoms with E-state index in [0.29, 0.717) is 0 Å². The first-order chi connectivity index (χ1) is 4.97. The van der Waals surface area contributed by atoms with Crippen LogP contribution in [0.5, 0.6) is 0 Å². The van der Waals surface area contributed by atoms with Crippen LogP contribution in [0.3, 0.4) is 0 Å². The summed E-state index contributed by atoms with van der Waals surface area (Å²) in [6, 6.07) is 0. The molecule has 0 radical (unpaired) electrons. The monoisotopic (exact) mass is 132 g/mol. The van der Waals surface area contributed by atoms with Gasteiger partial charge in [-0.15, -0.1) is 0 Å². The molecule has 0 amide bonds. The molecule has 0 heterocycles. The van der Waals surface area contributed by atoms with Gasteiger partial charge in [0.05, 0.1) is 0 Å². The molecular formula is C10H12. The smallest absolute Gasteiger partial charge is 0.0315 e. The van der Waals surface area contributed by atoms with Crippen molar-refractivity contribution in [1.29, 1.82) is 0 Å². The molecule has 0 bridgehead atoms. The maximum absolute atomic E-state index is 1.68. The minimum Gasteiger partial charge on any atom is -0.0465 e. The molecule has 5 saturated carbocycles. The summed E-state index contributed by atoms with van der Waals surface area (Å²) in [6.45, 7) is 0. The maximum atomic E-state index is 1.68. The van der Waals surface area contributed by atoms with Crippen molar-refractivity contribution < 1.29 is 0 Å². The highest BCUT2D eigenvalue weighted by Gasteiger charge is 2.83. The lowest BCUT2D eigenvalue weighted by molar-refractivity contribution is 0.434. The van der Waals surface area contributed by atoms with Crippen molar-refractivity contribution in [2.75, 3.05) is 0 Å². The van der Waals surface area contributed by atoms with Crippen LogP contribution >= 0.6 is 0 Å². The van der Waals surface area contributed by atoms with Crippen molar-refractivity contribution in [3.63, 3.8) is 0 Å². The molecule has 5 aliphatic carbocycles. The molecule has 0 aromatic heterocycles. The van der Waals surface area contributed by atoms with E-state index in [0.717, 1.165) is 0 Å². The van der Waals surface area contributed by atoms with E-state index in [1.54, 1.807) is 12.8 Å². The summed E-state index contributed by atoms with van der Waals surface area (Å²) >= 11 is 0. The first-order valence-corrected chi connectivity index (χ1v) is 4.97.